The van der Waals surface area contributed by atoms with E-state index in [0.717, 1.165) is 19.3 Å². The lowest BCUT2D eigenvalue weighted by Crippen LogP contribution is -2.63. The van der Waals surface area contributed by atoms with Crippen molar-refractivity contribution in [2.45, 2.75) is 91.5 Å². The third kappa shape index (κ3) is 4.07. The summed E-state index contributed by atoms with van der Waals surface area (Å²) in [6, 6.07) is 0. The molecule has 6 nitrogen and oxygen atoms in total. The molecular weight excluding hydrogens is 420 g/mol. The molecule has 0 aromatic carbocycles. The van der Waals surface area contributed by atoms with Crippen molar-refractivity contribution in [1.29, 1.82) is 0 Å². The lowest BCUT2D eigenvalue weighted by molar-refractivity contribution is -0.214. The van der Waals surface area contributed by atoms with E-state index >= 15 is 0 Å². The molecule has 6 heteroatoms. The Morgan fingerprint density at radius 3 is 2.45 bits per heavy atom. The van der Waals surface area contributed by atoms with Crippen LogP contribution in [0, 0.1) is 34.0 Å². The summed E-state index contributed by atoms with van der Waals surface area (Å²) in [4.78, 5) is 23.2. The van der Waals surface area contributed by atoms with E-state index in [2.05, 4.69) is 27.7 Å². The molecule has 0 radical (unpaired) electrons. The van der Waals surface area contributed by atoms with Crippen molar-refractivity contribution in [1.82, 2.24) is 0 Å². The molecule has 1 heterocycles. The third-order valence-electron chi connectivity index (χ3n) is 9.80. The summed E-state index contributed by atoms with van der Waals surface area (Å²) < 4.78 is 10.2. The molecule has 3 saturated carbocycles. The number of cyclic esters (lactones) is 1. The Bertz CT molecular complexity index is 874. The first-order valence-electron chi connectivity index (χ1n) is 12.5. The Morgan fingerprint density at radius 1 is 1.12 bits per heavy atom. The topological polar surface area (TPSA) is 93.1 Å². The second kappa shape index (κ2) is 8.23. The molecule has 0 amide bonds. The number of hydrogen-bond donors (Lipinski definition) is 2. The summed E-state index contributed by atoms with van der Waals surface area (Å²) in [5.74, 6) is -0.185. The van der Waals surface area contributed by atoms with E-state index in [4.69, 9.17) is 9.47 Å². The van der Waals surface area contributed by atoms with E-state index in [1.807, 2.05) is 6.08 Å². The minimum absolute atomic E-state index is 0.0533. The van der Waals surface area contributed by atoms with Gasteiger partial charge in [-0.3, -0.25) is 4.79 Å². The second-order valence-corrected chi connectivity index (χ2v) is 12.2. The second-order valence-electron chi connectivity index (χ2n) is 12.2. The molecule has 0 unspecified atom stereocenters. The monoisotopic (exact) mass is 460 g/mol. The maximum absolute atomic E-state index is 11.8. The van der Waals surface area contributed by atoms with Crippen LogP contribution in [0.5, 0.6) is 0 Å². The Morgan fingerprint density at radius 2 is 1.82 bits per heavy atom. The van der Waals surface area contributed by atoms with Crippen molar-refractivity contribution in [2.75, 3.05) is 6.61 Å². The quantitative estimate of drug-likeness (QED) is 0.608. The number of fused-ring (bicyclic) bond motifs is 3. The van der Waals surface area contributed by atoms with Crippen LogP contribution in [0.4, 0.5) is 0 Å². The van der Waals surface area contributed by atoms with Gasteiger partial charge in [0.05, 0.1) is 0 Å². The van der Waals surface area contributed by atoms with Gasteiger partial charge < -0.3 is 19.7 Å². The van der Waals surface area contributed by atoms with E-state index in [1.54, 1.807) is 6.08 Å². The van der Waals surface area contributed by atoms with E-state index in [1.165, 1.54) is 32.3 Å². The fraction of sp³-hybridized carbons (Fsp3) is 0.778. The van der Waals surface area contributed by atoms with Gasteiger partial charge in [-0.2, -0.15) is 0 Å². The molecule has 0 aromatic rings. The van der Waals surface area contributed by atoms with Crippen LogP contribution in [0.1, 0.15) is 79.6 Å². The maximum atomic E-state index is 11.8. The predicted octanol–water partition coefficient (Wildman–Crippen LogP) is 4.30. The van der Waals surface area contributed by atoms with Crippen LogP contribution in [0.25, 0.3) is 0 Å². The normalized spacial score (nSPS) is 44.6. The Balaban J connectivity index is 1.72. The highest BCUT2D eigenvalue weighted by Crippen LogP contribution is 2.69. The first-order valence-corrected chi connectivity index (χ1v) is 12.5. The number of rotatable bonds is 4. The van der Waals surface area contributed by atoms with E-state index in [9.17, 15) is 19.8 Å². The number of aliphatic hydroxyl groups excluding tert-OH is 1. The van der Waals surface area contributed by atoms with Crippen LogP contribution in [-0.4, -0.2) is 40.6 Å². The van der Waals surface area contributed by atoms with E-state index in [-0.39, 0.29) is 23.4 Å². The predicted molar refractivity (Wildman–Crippen MR) is 124 cm³/mol. The van der Waals surface area contributed by atoms with Crippen LogP contribution in [-0.2, 0) is 19.1 Å². The van der Waals surface area contributed by atoms with Crippen LogP contribution >= 0.6 is 0 Å². The molecule has 0 bridgehead atoms. The molecule has 0 spiro atoms. The number of ether oxygens (including phenoxy) is 2. The molecule has 0 aromatic heterocycles. The van der Waals surface area contributed by atoms with Crippen molar-refractivity contribution in [2.24, 2.45) is 34.0 Å². The van der Waals surface area contributed by atoms with Gasteiger partial charge >= 0.3 is 11.9 Å². The molecule has 0 saturated heterocycles. The Hall–Kier alpha value is -1.66. The SMILES string of the molecule is CC(=O)OC[C@]1(O)CC[C@H]2[C@@](C)(CC[C@H]3C(C)(C)CCC[C@]23C)[C@@H]1/C=C/C1=CC(=O)O[C@H]1O. The number of aliphatic hydroxyl groups is 2. The fourth-order valence-electron chi connectivity index (χ4n) is 8.43. The molecule has 3 aliphatic carbocycles. The highest BCUT2D eigenvalue weighted by Gasteiger charge is 2.64. The fourth-order valence-corrected chi connectivity index (χ4v) is 8.43. The van der Waals surface area contributed by atoms with Crippen LogP contribution in [0.3, 0.4) is 0 Å². The van der Waals surface area contributed by atoms with Crippen LogP contribution in [0.15, 0.2) is 23.8 Å². The summed E-state index contributed by atoms with van der Waals surface area (Å²) in [7, 11) is 0. The first kappa shape index (κ1) is 24.5. The number of carbonyl (C=O) groups excluding carboxylic acids is 2. The van der Waals surface area contributed by atoms with Gasteiger partial charge in [-0.15, -0.1) is 0 Å². The molecular formula is C27H40O6. The zero-order chi connectivity index (χ0) is 24.2. The molecule has 7 atom stereocenters. The summed E-state index contributed by atoms with van der Waals surface area (Å²) in [5, 5.41) is 21.9. The number of esters is 2. The van der Waals surface area contributed by atoms with Gasteiger partial charge in [-0.25, -0.2) is 4.79 Å². The molecule has 3 fully saturated rings. The van der Waals surface area contributed by atoms with E-state index in [0.29, 0.717) is 29.2 Å². The van der Waals surface area contributed by atoms with Gasteiger partial charge in [0, 0.05) is 24.5 Å². The Kier molecular flexibility index (Phi) is 6.10. The largest absolute Gasteiger partial charge is 0.463 e. The van der Waals surface area contributed by atoms with Gasteiger partial charge in [-0.1, -0.05) is 46.3 Å². The molecule has 4 aliphatic rings. The highest BCUT2D eigenvalue weighted by molar-refractivity contribution is 5.86. The minimum Gasteiger partial charge on any atom is -0.463 e. The van der Waals surface area contributed by atoms with Gasteiger partial charge in [0.15, 0.2) is 0 Å². The van der Waals surface area contributed by atoms with Gasteiger partial charge in [-0.05, 0) is 66.6 Å². The van der Waals surface area contributed by atoms with E-state index < -0.39 is 23.8 Å². The minimum atomic E-state index is -1.28. The molecule has 33 heavy (non-hydrogen) atoms. The molecule has 184 valence electrons. The zero-order valence-electron chi connectivity index (χ0n) is 20.7. The standard InChI is InChI=1S/C27H40O6/c1-17(28)32-16-27(31)14-10-20-25(4)12-6-11-24(2,3)19(25)9-13-26(20,5)21(27)8-7-18-15-22(29)33-23(18)30/h7-8,15,19-21,23,30-31H,6,9-14,16H2,1-5H3/b8-7+/t19-,20+,21-,23+,25-,26+,27+/m0/s1. The van der Waals surface area contributed by atoms with Crippen molar-refractivity contribution in [3.05, 3.63) is 23.8 Å². The van der Waals surface area contributed by atoms with Crippen molar-refractivity contribution < 1.29 is 29.3 Å². The first-order chi connectivity index (χ1) is 15.3. The van der Waals surface area contributed by atoms with Gasteiger partial charge in [0.25, 0.3) is 0 Å². The Labute approximate surface area is 197 Å². The maximum Gasteiger partial charge on any atom is 0.333 e. The zero-order valence-corrected chi connectivity index (χ0v) is 20.7. The molecule has 1 aliphatic heterocycles. The summed E-state index contributed by atoms with van der Waals surface area (Å²) >= 11 is 0. The van der Waals surface area contributed by atoms with Crippen LogP contribution in [0.2, 0.25) is 0 Å². The lowest BCUT2D eigenvalue weighted by atomic mass is 9.38. The number of hydrogen-bond acceptors (Lipinski definition) is 6. The summed E-state index contributed by atoms with van der Waals surface area (Å²) in [5.41, 5.74) is -0.511. The van der Waals surface area contributed by atoms with Gasteiger partial charge in [0.1, 0.15) is 12.2 Å². The molecule has 4 rings (SSSR count). The smallest absolute Gasteiger partial charge is 0.333 e. The van der Waals surface area contributed by atoms with Crippen LogP contribution < -0.4 is 0 Å². The summed E-state index contributed by atoms with van der Waals surface area (Å²) in [6.45, 7) is 10.9. The average Bonchev–Trinajstić information content (AvgIpc) is 3.02. The van der Waals surface area contributed by atoms with Crippen molar-refractivity contribution in [3.63, 3.8) is 0 Å². The third-order valence-corrected chi connectivity index (χ3v) is 9.80. The average molecular weight is 461 g/mol. The lowest BCUT2D eigenvalue weighted by Gasteiger charge is -2.67. The highest BCUT2D eigenvalue weighted by atomic mass is 16.6. The van der Waals surface area contributed by atoms with Gasteiger partial charge in [0.2, 0.25) is 6.29 Å². The number of carbonyl (C=O) groups is 2. The van der Waals surface area contributed by atoms with Crippen molar-refractivity contribution in [3.8, 4) is 0 Å². The summed E-state index contributed by atoms with van der Waals surface area (Å²) in [6.07, 6.45) is 10.9. The van der Waals surface area contributed by atoms with Crippen molar-refractivity contribution >= 4 is 11.9 Å². The molecule has 2 N–H and O–H groups in total.